The zero-order chi connectivity index (χ0) is 15.7. The summed E-state index contributed by atoms with van der Waals surface area (Å²) in [5.74, 6) is 0.692. The minimum atomic E-state index is -2.94. The van der Waals surface area contributed by atoms with E-state index in [-0.39, 0.29) is 5.75 Å². The van der Waals surface area contributed by atoms with Gasteiger partial charge in [0.1, 0.15) is 15.6 Å². The van der Waals surface area contributed by atoms with E-state index < -0.39 is 9.84 Å². The monoisotopic (exact) mass is 335 g/mol. The number of nitrogens with one attached hydrogen (secondary N) is 1. The Morgan fingerprint density at radius 3 is 2.67 bits per heavy atom. The van der Waals surface area contributed by atoms with Gasteiger partial charge in [0.25, 0.3) is 0 Å². The van der Waals surface area contributed by atoms with Crippen molar-refractivity contribution in [1.82, 2.24) is 5.32 Å². The van der Waals surface area contributed by atoms with Crippen LogP contribution in [0.4, 0.5) is 0 Å². The average molecular weight is 336 g/mol. The van der Waals surface area contributed by atoms with Crippen LogP contribution in [0.1, 0.15) is 12.0 Å². The average Bonchev–Trinajstić information content (AvgIpc) is 2.40. The third kappa shape index (κ3) is 8.26. The van der Waals surface area contributed by atoms with Crippen LogP contribution in [-0.4, -0.2) is 47.3 Å². The summed E-state index contributed by atoms with van der Waals surface area (Å²) in [7, 11) is -1.28. The van der Waals surface area contributed by atoms with E-state index in [0.29, 0.717) is 37.0 Å². The number of methoxy groups -OCH3 is 1. The van der Waals surface area contributed by atoms with Gasteiger partial charge in [-0.25, -0.2) is 8.42 Å². The maximum Gasteiger partial charge on any atom is 0.147 e. The smallest absolute Gasteiger partial charge is 0.147 e. The summed E-state index contributed by atoms with van der Waals surface area (Å²) >= 11 is 6.14. The molecule has 0 bridgehead atoms. The molecule has 0 aliphatic heterocycles. The van der Waals surface area contributed by atoms with Crippen molar-refractivity contribution in [2.75, 3.05) is 38.9 Å². The highest BCUT2D eigenvalue weighted by Crippen LogP contribution is 2.25. The van der Waals surface area contributed by atoms with Gasteiger partial charge >= 0.3 is 0 Å². The van der Waals surface area contributed by atoms with Gasteiger partial charge in [0.05, 0.1) is 24.0 Å². The zero-order valence-electron chi connectivity index (χ0n) is 12.4. The fourth-order valence-electron chi connectivity index (χ4n) is 1.68. The second-order valence-electron chi connectivity index (χ2n) is 4.77. The van der Waals surface area contributed by atoms with Crippen LogP contribution < -0.4 is 10.1 Å². The van der Waals surface area contributed by atoms with Crippen LogP contribution in [0, 0.1) is 0 Å². The van der Waals surface area contributed by atoms with E-state index in [9.17, 15) is 8.42 Å². The second kappa shape index (κ2) is 9.25. The molecule has 0 aliphatic carbocycles. The molecular weight excluding hydrogens is 314 g/mol. The number of benzene rings is 1. The van der Waals surface area contributed by atoms with Crippen molar-refractivity contribution in [3.8, 4) is 5.75 Å². The van der Waals surface area contributed by atoms with Crippen molar-refractivity contribution in [2.45, 2.75) is 13.0 Å². The molecule has 0 radical (unpaired) electrons. The van der Waals surface area contributed by atoms with Gasteiger partial charge in [-0.1, -0.05) is 17.7 Å². The molecule has 1 aromatic rings. The van der Waals surface area contributed by atoms with Gasteiger partial charge in [-0.15, -0.1) is 0 Å². The van der Waals surface area contributed by atoms with Gasteiger partial charge in [0.2, 0.25) is 0 Å². The number of hydrogen-bond acceptors (Lipinski definition) is 5. The first-order valence-corrected chi connectivity index (χ1v) is 9.15. The molecule has 0 aliphatic rings. The van der Waals surface area contributed by atoms with Gasteiger partial charge in [0.15, 0.2) is 0 Å². The van der Waals surface area contributed by atoms with Gasteiger partial charge in [-0.3, -0.25) is 0 Å². The van der Waals surface area contributed by atoms with E-state index in [1.807, 2.05) is 12.1 Å². The molecule has 0 unspecified atom stereocenters. The molecule has 0 heterocycles. The molecule has 0 saturated carbocycles. The van der Waals surface area contributed by atoms with Crippen molar-refractivity contribution in [2.24, 2.45) is 0 Å². The highest BCUT2D eigenvalue weighted by Gasteiger charge is 2.05. The Bertz CT molecular complexity index is 534. The van der Waals surface area contributed by atoms with E-state index in [1.54, 1.807) is 13.2 Å². The Kier molecular flexibility index (Phi) is 8.03. The number of halogens is 1. The second-order valence-corrected chi connectivity index (χ2v) is 7.43. The van der Waals surface area contributed by atoms with E-state index in [1.165, 1.54) is 6.26 Å². The number of rotatable bonds is 10. The van der Waals surface area contributed by atoms with Crippen molar-refractivity contribution in [1.29, 1.82) is 0 Å². The van der Waals surface area contributed by atoms with Crippen LogP contribution in [0.2, 0.25) is 5.02 Å². The topological polar surface area (TPSA) is 64.6 Å². The van der Waals surface area contributed by atoms with Gasteiger partial charge in [-0.2, -0.15) is 0 Å². The maximum absolute atomic E-state index is 11.0. The third-order valence-corrected chi connectivity index (χ3v) is 4.05. The molecule has 21 heavy (non-hydrogen) atoms. The Balaban J connectivity index is 2.39. The van der Waals surface area contributed by atoms with Crippen LogP contribution in [0.3, 0.4) is 0 Å². The molecule has 7 heteroatoms. The standard InChI is InChI=1S/C14H22ClNO4S/c1-19-8-6-16-11-12-4-5-14(13(15)10-12)20-7-3-9-21(2,17)18/h4-5,10,16H,3,6-9,11H2,1-2H3. The predicted octanol–water partition coefficient (Wildman–Crippen LogP) is 1.89. The molecule has 0 amide bonds. The van der Waals surface area contributed by atoms with Crippen LogP contribution in [-0.2, 0) is 21.1 Å². The summed E-state index contributed by atoms with van der Waals surface area (Å²) < 4.78 is 32.5. The SMILES string of the molecule is COCCNCc1ccc(OCCCS(C)(=O)=O)c(Cl)c1. The fourth-order valence-corrected chi connectivity index (χ4v) is 2.58. The number of sulfone groups is 1. The first-order chi connectivity index (χ1) is 9.92. The van der Waals surface area contributed by atoms with E-state index in [0.717, 1.165) is 12.1 Å². The van der Waals surface area contributed by atoms with E-state index in [2.05, 4.69) is 5.32 Å². The summed E-state index contributed by atoms with van der Waals surface area (Å²) in [5, 5.41) is 3.76. The highest BCUT2D eigenvalue weighted by molar-refractivity contribution is 7.90. The Hall–Kier alpha value is -0.820. The minimum absolute atomic E-state index is 0.117. The first-order valence-electron chi connectivity index (χ1n) is 6.71. The largest absolute Gasteiger partial charge is 0.492 e. The van der Waals surface area contributed by atoms with Crippen LogP contribution in [0.15, 0.2) is 18.2 Å². The summed E-state index contributed by atoms with van der Waals surface area (Å²) in [6, 6.07) is 5.57. The summed E-state index contributed by atoms with van der Waals surface area (Å²) in [4.78, 5) is 0. The zero-order valence-corrected chi connectivity index (χ0v) is 14.0. The molecule has 1 N–H and O–H groups in total. The summed E-state index contributed by atoms with van der Waals surface area (Å²) in [6.07, 6.45) is 1.67. The first kappa shape index (κ1) is 18.2. The van der Waals surface area contributed by atoms with E-state index in [4.69, 9.17) is 21.1 Å². The molecule has 1 rings (SSSR count). The lowest BCUT2D eigenvalue weighted by Crippen LogP contribution is -2.18. The third-order valence-electron chi connectivity index (χ3n) is 2.73. The Labute approximate surface area is 131 Å². The molecule has 0 fully saturated rings. The maximum atomic E-state index is 11.0. The summed E-state index contributed by atoms with van der Waals surface area (Å²) in [5.41, 5.74) is 1.06. The minimum Gasteiger partial charge on any atom is -0.492 e. The van der Waals surface area contributed by atoms with Crippen LogP contribution >= 0.6 is 11.6 Å². The van der Waals surface area contributed by atoms with Crippen LogP contribution in [0.5, 0.6) is 5.75 Å². The Morgan fingerprint density at radius 1 is 1.29 bits per heavy atom. The number of hydrogen-bond donors (Lipinski definition) is 1. The normalized spacial score (nSPS) is 11.6. The molecule has 0 saturated heterocycles. The molecule has 5 nitrogen and oxygen atoms in total. The fraction of sp³-hybridized carbons (Fsp3) is 0.571. The number of ether oxygens (including phenoxy) is 2. The summed E-state index contributed by atoms with van der Waals surface area (Å²) in [6.45, 7) is 2.47. The van der Waals surface area contributed by atoms with Gasteiger partial charge in [-0.05, 0) is 24.1 Å². The lowest BCUT2D eigenvalue weighted by atomic mass is 10.2. The molecular formula is C14H22ClNO4S. The molecule has 0 atom stereocenters. The van der Waals surface area contributed by atoms with Crippen molar-refractivity contribution >= 4 is 21.4 Å². The quantitative estimate of drug-likeness (QED) is 0.661. The van der Waals surface area contributed by atoms with E-state index >= 15 is 0 Å². The Morgan fingerprint density at radius 2 is 2.05 bits per heavy atom. The van der Waals surface area contributed by atoms with Gasteiger partial charge in [0, 0.05) is 26.5 Å². The van der Waals surface area contributed by atoms with Gasteiger partial charge < -0.3 is 14.8 Å². The molecule has 0 aromatic heterocycles. The molecule has 1 aromatic carbocycles. The van der Waals surface area contributed by atoms with Crippen molar-refractivity contribution < 1.29 is 17.9 Å². The molecule has 120 valence electrons. The highest BCUT2D eigenvalue weighted by atomic mass is 35.5. The predicted molar refractivity (Wildman–Crippen MR) is 84.9 cm³/mol. The van der Waals surface area contributed by atoms with Crippen molar-refractivity contribution in [3.05, 3.63) is 28.8 Å². The lowest BCUT2D eigenvalue weighted by Gasteiger charge is -2.10. The lowest BCUT2D eigenvalue weighted by molar-refractivity contribution is 0.199. The van der Waals surface area contributed by atoms with Crippen LogP contribution in [0.25, 0.3) is 0 Å². The molecule has 0 spiro atoms. The van der Waals surface area contributed by atoms with Crippen molar-refractivity contribution in [3.63, 3.8) is 0 Å².